The number of nitrogens with one attached hydrogen (secondary N) is 2. The zero-order valence-electron chi connectivity index (χ0n) is 11.4. The summed E-state index contributed by atoms with van der Waals surface area (Å²) < 4.78 is 0. The summed E-state index contributed by atoms with van der Waals surface area (Å²) in [6.45, 7) is 0.668. The number of piperidine rings is 1. The van der Waals surface area contributed by atoms with E-state index in [1.807, 2.05) is 19.2 Å². The number of rotatable bonds is 2. The predicted octanol–water partition coefficient (Wildman–Crippen LogP) is 0.796. The molecule has 0 spiro atoms. The van der Waals surface area contributed by atoms with Gasteiger partial charge in [-0.05, 0) is 24.1 Å². The van der Waals surface area contributed by atoms with E-state index in [1.165, 1.54) is 0 Å². The molecule has 106 valence electrons. The van der Waals surface area contributed by atoms with Gasteiger partial charge in [0.05, 0.1) is 17.8 Å². The Morgan fingerprint density at radius 3 is 2.95 bits per heavy atom. The zero-order valence-corrected chi connectivity index (χ0v) is 11.4. The van der Waals surface area contributed by atoms with E-state index in [9.17, 15) is 9.59 Å². The molecule has 1 atom stereocenters. The smallest absolute Gasteiger partial charge is 0.228 e. The normalized spacial score (nSPS) is 21.6. The summed E-state index contributed by atoms with van der Waals surface area (Å²) in [4.78, 5) is 24.6. The molecule has 6 heteroatoms. The molecule has 0 aliphatic carbocycles. The number of nitrogens with two attached hydrogens (primary N) is 1. The monoisotopic (exact) mass is 274 g/mol. The van der Waals surface area contributed by atoms with Crippen LogP contribution in [0, 0.1) is 0 Å². The number of hydrogen-bond donors (Lipinski definition) is 3. The summed E-state index contributed by atoms with van der Waals surface area (Å²) in [7, 11) is 1.81. The molecule has 2 aliphatic heterocycles. The maximum absolute atomic E-state index is 11.5. The lowest BCUT2D eigenvalue weighted by Gasteiger charge is -2.31. The highest BCUT2D eigenvalue weighted by atomic mass is 16.2. The second kappa shape index (κ2) is 4.70. The minimum absolute atomic E-state index is 0.000420. The van der Waals surface area contributed by atoms with Gasteiger partial charge in [0.1, 0.15) is 0 Å². The van der Waals surface area contributed by atoms with Gasteiger partial charge in [-0.1, -0.05) is 0 Å². The number of benzene rings is 1. The first-order valence-electron chi connectivity index (χ1n) is 6.75. The Balaban J connectivity index is 1.77. The summed E-state index contributed by atoms with van der Waals surface area (Å²) in [5, 5.41) is 6.19. The number of amides is 2. The molecule has 1 aromatic carbocycles. The van der Waals surface area contributed by atoms with Crippen molar-refractivity contribution in [3.05, 3.63) is 17.7 Å². The largest absolute Gasteiger partial charge is 0.397 e. The third kappa shape index (κ3) is 2.29. The Kier molecular flexibility index (Phi) is 3.00. The van der Waals surface area contributed by atoms with Gasteiger partial charge in [-0.2, -0.15) is 0 Å². The Morgan fingerprint density at radius 2 is 2.20 bits per heavy atom. The number of anilines is 3. The highest BCUT2D eigenvalue weighted by Gasteiger charge is 2.24. The molecule has 1 saturated heterocycles. The zero-order chi connectivity index (χ0) is 14.3. The van der Waals surface area contributed by atoms with Crippen molar-refractivity contribution in [2.45, 2.75) is 25.3 Å². The van der Waals surface area contributed by atoms with Gasteiger partial charge in [0, 0.05) is 31.7 Å². The van der Waals surface area contributed by atoms with Crippen molar-refractivity contribution in [2.75, 3.05) is 30.0 Å². The van der Waals surface area contributed by atoms with Crippen molar-refractivity contribution in [1.29, 1.82) is 0 Å². The fraction of sp³-hybridized carbons (Fsp3) is 0.429. The topological polar surface area (TPSA) is 87.5 Å². The molecule has 2 aliphatic rings. The molecule has 3 rings (SSSR count). The fourth-order valence-corrected chi connectivity index (χ4v) is 2.77. The van der Waals surface area contributed by atoms with Gasteiger partial charge in [0.15, 0.2) is 0 Å². The SMILES string of the molecule is CN1CC(Nc2cc3c(cc2N)CC(=O)N3)CCC1=O. The van der Waals surface area contributed by atoms with E-state index in [0.29, 0.717) is 25.1 Å². The molecule has 2 heterocycles. The lowest BCUT2D eigenvalue weighted by Crippen LogP contribution is -2.43. The Morgan fingerprint density at radius 1 is 1.40 bits per heavy atom. The lowest BCUT2D eigenvalue weighted by atomic mass is 10.0. The summed E-state index contributed by atoms with van der Waals surface area (Å²) in [6.07, 6.45) is 1.74. The number of likely N-dealkylation sites (N-methyl/N-ethyl adjacent to an activating group) is 1. The van der Waals surface area contributed by atoms with E-state index < -0.39 is 0 Å². The third-order valence-electron chi connectivity index (χ3n) is 3.89. The second-order valence-corrected chi connectivity index (χ2v) is 5.48. The van der Waals surface area contributed by atoms with Gasteiger partial charge in [-0.3, -0.25) is 9.59 Å². The Labute approximate surface area is 117 Å². The molecule has 2 amide bonds. The molecule has 0 aromatic heterocycles. The quantitative estimate of drug-likeness (QED) is 0.696. The minimum Gasteiger partial charge on any atom is -0.397 e. The van der Waals surface area contributed by atoms with Gasteiger partial charge >= 0.3 is 0 Å². The summed E-state index contributed by atoms with van der Waals surface area (Å²) in [5.41, 5.74) is 9.26. The molecular weight excluding hydrogens is 256 g/mol. The van der Waals surface area contributed by atoms with Crippen molar-refractivity contribution in [3.8, 4) is 0 Å². The van der Waals surface area contributed by atoms with Crippen LogP contribution >= 0.6 is 0 Å². The number of carbonyl (C=O) groups excluding carboxylic acids is 2. The van der Waals surface area contributed by atoms with E-state index in [2.05, 4.69) is 10.6 Å². The van der Waals surface area contributed by atoms with Gasteiger partial charge in [0.2, 0.25) is 11.8 Å². The fourth-order valence-electron chi connectivity index (χ4n) is 2.77. The maximum Gasteiger partial charge on any atom is 0.228 e. The van der Waals surface area contributed by atoms with Crippen LogP contribution in [0.4, 0.5) is 17.1 Å². The standard InChI is InChI=1S/C14H18N4O2/c1-18-7-9(2-3-14(18)20)16-12-6-11-8(4-10(12)15)5-13(19)17-11/h4,6,9,16H,2-3,5,7,15H2,1H3,(H,17,19). The average molecular weight is 274 g/mol. The summed E-state index contributed by atoms with van der Waals surface area (Å²) in [5.74, 6) is 0.178. The molecule has 1 fully saturated rings. The number of nitrogen functional groups attached to an aromatic ring is 1. The Bertz CT molecular complexity index is 585. The number of fused-ring (bicyclic) bond motifs is 1. The first kappa shape index (κ1) is 12.8. The summed E-state index contributed by atoms with van der Waals surface area (Å²) in [6, 6.07) is 3.91. The van der Waals surface area contributed by atoms with Crippen LogP contribution in [0.1, 0.15) is 18.4 Å². The molecule has 1 unspecified atom stereocenters. The Hall–Kier alpha value is -2.24. The van der Waals surface area contributed by atoms with Gasteiger partial charge in [-0.25, -0.2) is 0 Å². The van der Waals surface area contributed by atoms with Crippen molar-refractivity contribution in [1.82, 2.24) is 4.90 Å². The molecule has 6 nitrogen and oxygen atoms in total. The van der Waals surface area contributed by atoms with Gasteiger partial charge in [0.25, 0.3) is 0 Å². The highest BCUT2D eigenvalue weighted by Crippen LogP contribution is 2.32. The summed E-state index contributed by atoms with van der Waals surface area (Å²) >= 11 is 0. The van der Waals surface area contributed by atoms with Crippen LogP contribution in [0.5, 0.6) is 0 Å². The van der Waals surface area contributed by atoms with Crippen LogP contribution in [-0.4, -0.2) is 36.3 Å². The maximum atomic E-state index is 11.5. The highest BCUT2D eigenvalue weighted by molar-refractivity contribution is 6.00. The van der Waals surface area contributed by atoms with E-state index in [1.54, 1.807) is 4.90 Å². The van der Waals surface area contributed by atoms with Crippen LogP contribution < -0.4 is 16.4 Å². The average Bonchev–Trinajstić information content (AvgIpc) is 2.73. The van der Waals surface area contributed by atoms with Crippen molar-refractivity contribution in [3.63, 3.8) is 0 Å². The molecule has 4 N–H and O–H groups in total. The number of likely N-dealkylation sites (tertiary alicyclic amines) is 1. The molecule has 0 saturated carbocycles. The molecule has 1 aromatic rings. The van der Waals surface area contributed by atoms with Gasteiger partial charge in [-0.15, -0.1) is 0 Å². The van der Waals surface area contributed by atoms with Crippen LogP contribution in [-0.2, 0) is 16.0 Å². The van der Waals surface area contributed by atoms with E-state index in [0.717, 1.165) is 23.4 Å². The van der Waals surface area contributed by atoms with Crippen LogP contribution in [0.25, 0.3) is 0 Å². The van der Waals surface area contributed by atoms with Crippen molar-refractivity contribution in [2.24, 2.45) is 0 Å². The van der Waals surface area contributed by atoms with E-state index in [4.69, 9.17) is 5.73 Å². The molecule has 0 bridgehead atoms. The van der Waals surface area contributed by atoms with Crippen LogP contribution in [0.3, 0.4) is 0 Å². The van der Waals surface area contributed by atoms with Gasteiger partial charge < -0.3 is 21.3 Å². The molecule has 0 radical (unpaired) electrons. The minimum atomic E-state index is -0.000420. The van der Waals surface area contributed by atoms with Crippen LogP contribution in [0.2, 0.25) is 0 Å². The van der Waals surface area contributed by atoms with Crippen LogP contribution in [0.15, 0.2) is 12.1 Å². The first-order chi connectivity index (χ1) is 9.52. The molecular formula is C14H18N4O2. The number of hydrogen-bond acceptors (Lipinski definition) is 4. The van der Waals surface area contributed by atoms with Crippen molar-refractivity contribution < 1.29 is 9.59 Å². The third-order valence-corrected chi connectivity index (χ3v) is 3.89. The van der Waals surface area contributed by atoms with Crippen molar-refractivity contribution >= 4 is 28.9 Å². The van der Waals surface area contributed by atoms with E-state index in [-0.39, 0.29) is 17.9 Å². The lowest BCUT2D eigenvalue weighted by molar-refractivity contribution is -0.132. The number of carbonyl (C=O) groups is 2. The number of nitrogens with zero attached hydrogens (tertiary/aromatic N) is 1. The predicted molar refractivity (Wildman–Crippen MR) is 77.5 cm³/mol. The molecule has 20 heavy (non-hydrogen) atoms. The second-order valence-electron chi connectivity index (χ2n) is 5.48. The first-order valence-corrected chi connectivity index (χ1v) is 6.75. The van der Waals surface area contributed by atoms with E-state index >= 15 is 0 Å².